The molecule has 29 heavy (non-hydrogen) atoms. The van der Waals surface area contributed by atoms with Crippen LogP contribution in [0.25, 0.3) is 11.4 Å². The van der Waals surface area contributed by atoms with Gasteiger partial charge in [-0.3, -0.25) is 9.36 Å². The van der Waals surface area contributed by atoms with Crippen LogP contribution in [0.5, 0.6) is 0 Å². The second-order valence-corrected chi connectivity index (χ2v) is 8.88. The van der Waals surface area contributed by atoms with Crippen molar-refractivity contribution in [2.24, 2.45) is 0 Å². The lowest BCUT2D eigenvalue weighted by molar-refractivity contribution is -0.113. The minimum Gasteiger partial charge on any atom is -0.324 e. The molecular weight excluding hydrogens is 519 g/mol. The van der Waals surface area contributed by atoms with Crippen molar-refractivity contribution in [3.63, 3.8) is 0 Å². The summed E-state index contributed by atoms with van der Waals surface area (Å²) < 4.78 is 2.88. The molecule has 1 heterocycles. The number of aromatic nitrogens is 3. The molecule has 0 aliphatic heterocycles. The number of rotatable bonds is 7. The highest BCUT2D eigenvalue weighted by atomic mass is 79.9. The van der Waals surface area contributed by atoms with Gasteiger partial charge >= 0.3 is 0 Å². The predicted octanol–water partition coefficient (Wildman–Crippen LogP) is 6.58. The Labute approximate surface area is 195 Å². The Morgan fingerprint density at radius 1 is 1.14 bits per heavy atom. The molecule has 0 aliphatic carbocycles. The van der Waals surface area contributed by atoms with Crippen LogP contribution in [0.2, 0.25) is 15.1 Å². The molecule has 1 amide bonds. The second-order valence-electron chi connectivity index (χ2n) is 5.80. The number of benzene rings is 2. The molecule has 0 bridgehead atoms. The molecule has 3 aromatic rings. The van der Waals surface area contributed by atoms with Gasteiger partial charge in [0.05, 0.1) is 26.5 Å². The summed E-state index contributed by atoms with van der Waals surface area (Å²) >= 11 is 22.7. The molecule has 5 nitrogen and oxygen atoms in total. The zero-order chi connectivity index (χ0) is 21.0. The van der Waals surface area contributed by atoms with Crippen molar-refractivity contribution in [3.8, 4) is 11.4 Å². The predicted molar refractivity (Wildman–Crippen MR) is 124 cm³/mol. The summed E-state index contributed by atoms with van der Waals surface area (Å²) in [5, 5.41) is 12.8. The van der Waals surface area contributed by atoms with E-state index in [9.17, 15) is 4.79 Å². The number of carbonyl (C=O) groups is 1. The van der Waals surface area contributed by atoms with Gasteiger partial charge in [0.25, 0.3) is 0 Å². The minimum atomic E-state index is -0.256. The molecule has 1 aromatic heterocycles. The highest BCUT2D eigenvalue weighted by Gasteiger charge is 2.16. The van der Waals surface area contributed by atoms with E-state index in [0.717, 1.165) is 10.0 Å². The summed E-state index contributed by atoms with van der Waals surface area (Å²) in [7, 11) is 0. The molecule has 2 aromatic carbocycles. The van der Waals surface area contributed by atoms with Gasteiger partial charge in [-0.15, -0.1) is 16.8 Å². The summed E-state index contributed by atoms with van der Waals surface area (Å²) in [5.41, 5.74) is 1.32. The first kappa shape index (κ1) is 22.2. The summed E-state index contributed by atoms with van der Waals surface area (Å²) in [6, 6.07) is 10.8. The molecular formula is C19H14BrCl3N4OS. The third-order valence-electron chi connectivity index (χ3n) is 3.75. The van der Waals surface area contributed by atoms with Crippen LogP contribution in [0.3, 0.4) is 0 Å². The fourth-order valence-electron chi connectivity index (χ4n) is 2.44. The van der Waals surface area contributed by atoms with Gasteiger partial charge < -0.3 is 5.32 Å². The third kappa shape index (κ3) is 5.55. The maximum atomic E-state index is 12.4. The zero-order valence-corrected chi connectivity index (χ0v) is 19.5. The standard InChI is InChI=1S/C19H14BrCl3N4OS/c1-2-7-27-18(11-3-5-12(20)6-4-11)25-26-19(27)29-10-17(28)24-16-9-14(22)13(21)8-15(16)23/h2-6,8-9H,1,7,10H2,(H,24,28). The monoisotopic (exact) mass is 530 g/mol. The molecule has 0 spiro atoms. The highest BCUT2D eigenvalue weighted by Crippen LogP contribution is 2.32. The summed E-state index contributed by atoms with van der Waals surface area (Å²) in [6.07, 6.45) is 1.76. The van der Waals surface area contributed by atoms with Gasteiger partial charge in [-0.25, -0.2) is 0 Å². The van der Waals surface area contributed by atoms with Gasteiger partial charge in [0.2, 0.25) is 5.91 Å². The SMILES string of the molecule is C=CCn1c(SCC(=O)Nc2cc(Cl)c(Cl)cc2Cl)nnc1-c1ccc(Br)cc1. The van der Waals surface area contributed by atoms with E-state index in [0.29, 0.717) is 38.3 Å². The molecule has 150 valence electrons. The van der Waals surface area contributed by atoms with Gasteiger partial charge in [0.1, 0.15) is 0 Å². The summed E-state index contributed by atoms with van der Waals surface area (Å²) in [4.78, 5) is 12.4. The quantitative estimate of drug-likeness (QED) is 0.212. The Morgan fingerprint density at radius 3 is 2.52 bits per heavy atom. The van der Waals surface area contributed by atoms with Crippen LogP contribution in [0.15, 0.2) is 58.7 Å². The Bertz CT molecular complexity index is 1060. The fraction of sp³-hybridized carbons (Fsp3) is 0.105. The van der Waals surface area contributed by atoms with Crippen molar-refractivity contribution in [2.45, 2.75) is 11.7 Å². The van der Waals surface area contributed by atoms with Crippen LogP contribution in [0.1, 0.15) is 0 Å². The number of nitrogens with zero attached hydrogens (tertiary/aromatic N) is 3. The van der Waals surface area contributed by atoms with Crippen LogP contribution in [0, 0.1) is 0 Å². The minimum absolute atomic E-state index is 0.117. The van der Waals surface area contributed by atoms with Gasteiger partial charge in [-0.2, -0.15) is 0 Å². The number of anilines is 1. The molecule has 0 fully saturated rings. The molecule has 10 heteroatoms. The summed E-state index contributed by atoms with van der Waals surface area (Å²) in [5.74, 6) is 0.563. The number of carbonyl (C=O) groups excluding carboxylic acids is 1. The van der Waals surface area contributed by atoms with Crippen LogP contribution in [0.4, 0.5) is 5.69 Å². The lowest BCUT2D eigenvalue weighted by Gasteiger charge is -2.10. The lowest BCUT2D eigenvalue weighted by Crippen LogP contribution is -2.15. The van der Waals surface area contributed by atoms with E-state index in [-0.39, 0.29) is 11.7 Å². The molecule has 0 radical (unpaired) electrons. The van der Waals surface area contributed by atoms with Gasteiger partial charge in [0, 0.05) is 16.6 Å². The van der Waals surface area contributed by atoms with Crippen molar-refractivity contribution < 1.29 is 4.79 Å². The van der Waals surface area contributed by atoms with Crippen LogP contribution in [-0.4, -0.2) is 26.4 Å². The van der Waals surface area contributed by atoms with Crippen molar-refractivity contribution in [1.82, 2.24) is 14.8 Å². The van der Waals surface area contributed by atoms with Gasteiger partial charge in [-0.1, -0.05) is 80.7 Å². The average Bonchev–Trinajstić information content (AvgIpc) is 3.08. The number of hydrogen-bond donors (Lipinski definition) is 1. The van der Waals surface area contributed by atoms with E-state index in [1.54, 1.807) is 6.08 Å². The molecule has 0 unspecified atom stereocenters. The van der Waals surface area contributed by atoms with Crippen molar-refractivity contribution >= 4 is 74.1 Å². The molecule has 0 aliphatic rings. The Balaban J connectivity index is 1.73. The number of nitrogens with one attached hydrogen (secondary N) is 1. The third-order valence-corrected chi connectivity index (χ3v) is 6.28. The van der Waals surface area contributed by atoms with Crippen molar-refractivity contribution in [1.29, 1.82) is 0 Å². The second kappa shape index (κ2) is 10.00. The van der Waals surface area contributed by atoms with Crippen LogP contribution < -0.4 is 5.32 Å². The number of halogens is 4. The fourth-order valence-corrected chi connectivity index (χ4v) is 4.04. The first-order chi connectivity index (χ1) is 13.9. The van der Waals surface area contributed by atoms with Crippen LogP contribution in [-0.2, 0) is 11.3 Å². The van der Waals surface area contributed by atoms with E-state index >= 15 is 0 Å². The van der Waals surface area contributed by atoms with Crippen molar-refractivity contribution in [2.75, 3.05) is 11.1 Å². The van der Waals surface area contributed by atoms with E-state index in [1.807, 2.05) is 28.8 Å². The lowest BCUT2D eigenvalue weighted by atomic mass is 10.2. The maximum Gasteiger partial charge on any atom is 0.234 e. The number of hydrogen-bond acceptors (Lipinski definition) is 4. The van der Waals surface area contributed by atoms with E-state index in [1.165, 1.54) is 23.9 Å². The highest BCUT2D eigenvalue weighted by molar-refractivity contribution is 9.10. The summed E-state index contributed by atoms with van der Waals surface area (Å²) in [6.45, 7) is 4.31. The molecule has 3 rings (SSSR count). The van der Waals surface area contributed by atoms with Gasteiger partial charge in [0.15, 0.2) is 11.0 Å². The van der Waals surface area contributed by atoms with E-state index in [4.69, 9.17) is 34.8 Å². The zero-order valence-electron chi connectivity index (χ0n) is 14.8. The molecule has 0 saturated carbocycles. The Hall–Kier alpha value is -1.51. The van der Waals surface area contributed by atoms with Crippen molar-refractivity contribution in [3.05, 3.63) is 68.6 Å². The van der Waals surface area contributed by atoms with E-state index in [2.05, 4.69) is 38.0 Å². The Kier molecular flexibility index (Phi) is 7.65. The maximum absolute atomic E-state index is 12.4. The van der Waals surface area contributed by atoms with E-state index < -0.39 is 0 Å². The Morgan fingerprint density at radius 2 is 1.83 bits per heavy atom. The topological polar surface area (TPSA) is 59.8 Å². The molecule has 1 N–H and O–H groups in total. The van der Waals surface area contributed by atoms with Gasteiger partial charge in [-0.05, 0) is 24.3 Å². The molecule has 0 atom stereocenters. The smallest absolute Gasteiger partial charge is 0.234 e. The van der Waals surface area contributed by atoms with Crippen LogP contribution >= 0.6 is 62.5 Å². The number of amides is 1. The first-order valence-electron chi connectivity index (χ1n) is 8.26. The first-order valence-corrected chi connectivity index (χ1v) is 11.2. The normalized spacial score (nSPS) is 10.8. The largest absolute Gasteiger partial charge is 0.324 e. The number of thioether (sulfide) groups is 1. The average molecular weight is 533 g/mol. The number of allylic oxidation sites excluding steroid dienone is 1. The molecule has 0 saturated heterocycles.